The van der Waals surface area contributed by atoms with E-state index in [0.717, 1.165) is 38.5 Å². The average Bonchev–Trinajstić information content (AvgIpc) is 2.57. The molecule has 0 aromatic heterocycles. The highest BCUT2D eigenvalue weighted by molar-refractivity contribution is 7.89. The molecule has 1 heterocycles. The maximum atomic E-state index is 12.4. The fourth-order valence-corrected chi connectivity index (χ4v) is 3.99. The van der Waals surface area contributed by atoms with Crippen molar-refractivity contribution >= 4 is 15.9 Å². The van der Waals surface area contributed by atoms with Gasteiger partial charge in [0.1, 0.15) is 0 Å². The lowest BCUT2D eigenvalue weighted by Gasteiger charge is -2.26. The first-order valence-electron chi connectivity index (χ1n) is 8.57. The summed E-state index contributed by atoms with van der Waals surface area (Å²) in [6.45, 7) is 0.948. The van der Waals surface area contributed by atoms with Crippen molar-refractivity contribution in [2.24, 2.45) is 0 Å². The first-order valence-corrected chi connectivity index (χ1v) is 10.0. The number of ether oxygens (including phenoxy) is 1. The van der Waals surface area contributed by atoms with Crippen LogP contribution in [0.3, 0.4) is 0 Å². The van der Waals surface area contributed by atoms with Gasteiger partial charge >= 0.3 is 0 Å². The van der Waals surface area contributed by atoms with Gasteiger partial charge in [0.15, 0.2) is 0 Å². The molecule has 0 bridgehead atoms. The van der Waals surface area contributed by atoms with E-state index in [1.165, 1.54) is 12.1 Å². The lowest BCUT2D eigenvalue weighted by Crippen LogP contribution is -2.39. The summed E-state index contributed by atoms with van der Waals surface area (Å²) in [6.07, 6.45) is 6.00. The Balaban J connectivity index is 1.63. The maximum absolute atomic E-state index is 12.4. The van der Waals surface area contributed by atoms with E-state index in [-0.39, 0.29) is 29.5 Å². The van der Waals surface area contributed by atoms with Crippen LogP contribution in [-0.4, -0.2) is 39.6 Å². The van der Waals surface area contributed by atoms with Crippen molar-refractivity contribution in [2.75, 3.05) is 13.2 Å². The van der Waals surface area contributed by atoms with E-state index in [0.29, 0.717) is 12.2 Å². The molecule has 3 rings (SSSR count). The van der Waals surface area contributed by atoms with Gasteiger partial charge < -0.3 is 10.1 Å². The number of nitrogens with one attached hydrogen (secondary N) is 2. The highest BCUT2D eigenvalue weighted by Gasteiger charge is 2.22. The molecule has 0 spiro atoms. The van der Waals surface area contributed by atoms with Crippen molar-refractivity contribution in [3.8, 4) is 0 Å². The molecule has 7 heteroatoms. The number of rotatable bonds is 6. The summed E-state index contributed by atoms with van der Waals surface area (Å²) in [6, 6.07) is 6.39. The normalized spacial score (nSPS) is 21.9. The fourth-order valence-electron chi connectivity index (χ4n) is 2.88. The minimum Gasteiger partial charge on any atom is -0.377 e. The molecule has 1 atom stereocenters. The summed E-state index contributed by atoms with van der Waals surface area (Å²) in [5, 5.41) is 2.92. The zero-order valence-electron chi connectivity index (χ0n) is 13.7. The predicted molar refractivity (Wildman–Crippen MR) is 90.3 cm³/mol. The Morgan fingerprint density at radius 3 is 2.67 bits per heavy atom. The van der Waals surface area contributed by atoms with Crippen molar-refractivity contribution < 1.29 is 17.9 Å². The van der Waals surface area contributed by atoms with Gasteiger partial charge in [0.05, 0.1) is 11.0 Å². The Hall–Kier alpha value is -1.44. The zero-order chi connectivity index (χ0) is 17.0. The lowest BCUT2D eigenvalue weighted by atomic mass is 9.93. The van der Waals surface area contributed by atoms with Crippen molar-refractivity contribution in [2.45, 2.75) is 55.6 Å². The van der Waals surface area contributed by atoms with Gasteiger partial charge in [-0.2, -0.15) is 0 Å². The molecule has 1 saturated carbocycles. The Morgan fingerprint density at radius 2 is 2.00 bits per heavy atom. The van der Waals surface area contributed by atoms with Crippen LogP contribution in [0.15, 0.2) is 29.2 Å². The SMILES string of the molecule is O=C(NC1CCC1)c1cccc(S(=O)(=O)NC[C@H]2CCCCO2)c1. The number of hydrogen-bond donors (Lipinski definition) is 2. The lowest BCUT2D eigenvalue weighted by molar-refractivity contribution is 0.0200. The van der Waals surface area contributed by atoms with Crippen molar-refractivity contribution in [3.63, 3.8) is 0 Å². The Labute approximate surface area is 143 Å². The number of carbonyl (C=O) groups excluding carboxylic acids is 1. The molecular formula is C17H24N2O4S. The predicted octanol–water partition coefficient (Wildman–Crippen LogP) is 1.82. The second kappa shape index (κ2) is 7.63. The quantitative estimate of drug-likeness (QED) is 0.818. The van der Waals surface area contributed by atoms with Gasteiger partial charge in [-0.15, -0.1) is 0 Å². The molecule has 1 aromatic rings. The fraction of sp³-hybridized carbons (Fsp3) is 0.588. The summed E-state index contributed by atoms with van der Waals surface area (Å²) in [5.74, 6) is -0.215. The highest BCUT2D eigenvalue weighted by atomic mass is 32.2. The molecular weight excluding hydrogens is 328 g/mol. The number of benzene rings is 1. The minimum absolute atomic E-state index is 0.0707. The van der Waals surface area contributed by atoms with Gasteiger partial charge in [-0.05, 0) is 56.7 Å². The molecule has 0 unspecified atom stereocenters. The first-order chi connectivity index (χ1) is 11.5. The molecule has 2 fully saturated rings. The monoisotopic (exact) mass is 352 g/mol. The second-order valence-corrected chi connectivity index (χ2v) is 8.24. The van der Waals surface area contributed by atoms with E-state index in [9.17, 15) is 13.2 Å². The van der Waals surface area contributed by atoms with Gasteiger partial charge in [0.25, 0.3) is 5.91 Å². The Bertz CT molecular complexity index is 680. The third kappa shape index (κ3) is 4.34. The molecule has 6 nitrogen and oxygen atoms in total. The van der Waals surface area contributed by atoms with Crippen LogP contribution in [0.25, 0.3) is 0 Å². The third-order valence-corrected chi connectivity index (χ3v) is 6.04. The van der Waals surface area contributed by atoms with Gasteiger partial charge in [0.2, 0.25) is 10.0 Å². The molecule has 0 radical (unpaired) electrons. The van der Waals surface area contributed by atoms with Crippen LogP contribution < -0.4 is 10.0 Å². The molecule has 2 aliphatic rings. The molecule has 1 amide bonds. The molecule has 2 N–H and O–H groups in total. The third-order valence-electron chi connectivity index (χ3n) is 4.62. The molecule has 24 heavy (non-hydrogen) atoms. The summed E-state index contributed by atoms with van der Waals surface area (Å²) < 4.78 is 33.0. The van der Waals surface area contributed by atoms with Gasteiger partial charge in [0, 0.05) is 24.8 Å². The molecule has 132 valence electrons. The smallest absolute Gasteiger partial charge is 0.251 e. The van der Waals surface area contributed by atoms with E-state index < -0.39 is 10.0 Å². The van der Waals surface area contributed by atoms with Crippen LogP contribution in [0.2, 0.25) is 0 Å². The van der Waals surface area contributed by atoms with E-state index >= 15 is 0 Å². The van der Waals surface area contributed by atoms with Gasteiger partial charge in [-0.3, -0.25) is 4.79 Å². The van der Waals surface area contributed by atoms with Crippen molar-refractivity contribution in [1.82, 2.24) is 10.0 Å². The minimum atomic E-state index is -3.65. The van der Waals surface area contributed by atoms with E-state index in [4.69, 9.17) is 4.74 Å². The van der Waals surface area contributed by atoms with E-state index in [1.807, 2.05) is 0 Å². The summed E-state index contributed by atoms with van der Waals surface area (Å²) in [4.78, 5) is 12.3. The highest BCUT2D eigenvalue weighted by Crippen LogP contribution is 2.19. The molecule has 1 aromatic carbocycles. The topological polar surface area (TPSA) is 84.5 Å². The van der Waals surface area contributed by atoms with Gasteiger partial charge in [-0.25, -0.2) is 13.1 Å². The van der Waals surface area contributed by atoms with Crippen LogP contribution in [0.4, 0.5) is 0 Å². The van der Waals surface area contributed by atoms with Gasteiger partial charge in [-0.1, -0.05) is 6.07 Å². The largest absolute Gasteiger partial charge is 0.377 e. The molecule has 1 saturated heterocycles. The van der Waals surface area contributed by atoms with Crippen molar-refractivity contribution in [3.05, 3.63) is 29.8 Å². The Kier molecular flexibility index (Phi) is 5.53. The summed E-state index contributed by atoms with van der Waals surface area (Å²) >= 11 is 0. The van der Waals surface area contributed by atoms with Crippen LogP contribution in [-0.2, 0) is 14.8 Å². The summed E-state index contributed by atoms with van der Waals surface area (Å²) in [5.41, 5.74) is 0.374. The van der Waals surface area contributed by atoms with Crippen LogP contribution in [0.1, 0.15) is 48.9 Å². The second-order valence-electron chi connectivity index (χ2n) is 6.47. The number of amides is 1. The van der Waals surface area contributed by atoms with Crippen molar-refractivity contribution in [1.29, 1.82) is 0 Å². The first kappa shape index (κ1) is 17.4. The molecule has 1 aliphatic heterocycles. The summed E-state index contributed by atoms with van der Waals surface area (Å²) in [7, 11) is -3.65. The van der Waals surface area contributed by atoms with E-state index in [1.54, 1.807) is 12.1 Å². The molecule has 1 aliphatic carbocycles. The Morgan fingerprint density at radius 1 is 1.17 bits per heavy atom. The average molecular weight is 352 g/mol. The van der Waals surface area contributed by atoms with Crippen LogP contribution in [0.5, 0.6) is 0 Å². The van der Waals surface area contributed by atoms with Crippen LogP contribution >= 0.6 is 0 Å². The number of hydrogen-bond acceptors (Lipinski definition) is 4. The standard InChI is InChI=1S/C17H24N2O4S/c20-17(19-14-6-4-7-14)13-5-3-9-16(11-13)24(21,22)18-12-15-8-1-2-10-23-15/h3,5,9,11,14-15,18H,1-2,4,6-8,10,12H2,(H,19,20)/t15-/m1/s1. The number of sulfonamides is 1. The van der Waals surface area contributed by atoms with E-state index in [2.05, 4.69) is 10.0 Å². The number of carbonyl (C=O) groups is 1. The zero-order valence-corrected chi connectivity index (χ0v) is 14.5. The maximum Gasteiger partial charge on any atom is 0.251 e. The van der Waals surface area contributed by atoms with Crippen LogP contribution in [0, 0.1) is 0 Å².